The zero-order chi connectivity index (χ0) is 10.0. The summed E-state index contributed by atoms with van der Waals surface area (Å²) < 4.78 is 0. The molecule has 1 aromatic rings. The first-order valence-corrected chi connectivity index (χ1v) is 4.94. The van der Waals surface area contributed by atoms with Gasteiger partial charge in [-0.15, -0.1) is 0 Å². The SMILES string of the molecule is C=C1CCCC1(C#N)c1ccccc1. The lowest BCUT2D eigenvalue weighted by atomic mass is 9.78. The van der Waals surface area contributed by atoms with Crippen molar-refractivity contribution in [1.82, 2.24) is 0 Å². The molecule has 1 nitrogen and oxygen atoms in total. The molecule has 1 atom stereocenters. The van der Waals surface area contributed by atoms with Crippen LogP contribution in [0.3, 0.4) is 0 Å². The van der Waals surface area contributed by atoms with Crippen molar-refractivity contribution in [3.05, 3.63) is 48.0 Å². The molecule has 0 aliphatic heterocycles. The highest BCUT2D eigenvalue weighted by Crippen LogP contribution is 2.43. The van der Waals surface area contributed by atoms with Crippen LogP contribution < -0.4 is 0 Å². The number of hydrogen-bond acceptors (Lipinski definition) is 1. The Kier molecular flexibility index (Phi) is 2.13. The fourth-order valence-electron chi connectivity index (χ4n) is 2.23. The Bertz CT molecular complexity index is 385. The van der Waals surface area contributed by atoms with Crippen LogP contribution in [0.15, 0.2) is 42.5 Å². The lowest BCUT2D eigenvalue weighted by Gasteiger charge is -2.22. The highest BCUT2D eigenvalue weighted by Gasteiger charge is 2.38. The molecule has 1 fully saturated rings. The highest BCUT2D eigenvalue weighted by atomic mass is 14.4. The van der Waals surface area contributed by atoms with E-state index in [2.05, 4.69) is 12.6 Å². The average molecular weight is 183 g/mol. The molecule has 1 unspecified atom stereocenters. The van der Waals surface area contributed by atoms with Crippen LogP contribution in [0.1, 0.15) is 24.8 Å². The molecule has 14 heavy (non-hydrogen) atoms. The quantitative estimate of drug-likeness (QED) is 0.613. The van der Waals surface area contributed by atoms with Gasteiger partial charge in [0.25, 0.3) is 0 Å². The van der Waals surface area contributed by atoms with Gasteiger partial charge in [-0.25, -0.2) is 0 Å². The van der Waals surface area contributed by atoms with Crippen molar-refractivity contribution < 1.29 is 0 Å². The van der Waals surface area contributed by atoms with Crippen LogP contribution in [-0.2, 0) is 5.41 Å². The number of nitriles is 1. The van der Waals surface area contributed by atoms with Gasteiger partial charge in [0.15, 0.2) is 0 Å². The summed E-state index contributed by atoms with van der Waals surface area (Å²) in [7, 11) is 0. The van der Waals surface area contributed by atoms with Gasteiger partial charge in [-0.1, -0.05) is 42.5 Å². The molecule has 0 amide bonds. The maximum Gasteiger partial charge on any atom is 0.103 e. The minimum absolute atomic E-state index is 0.402. The maximum atomic E-state index is 9.33. The van der Waals surface area contributed by atoms with Crippen LogP contribution in [0.25, 0.3) is 0 Å². The molecular weight excluding hydrogens is 170 g/mol. The van der Waals surface area contributed by atoms with Crippen molar-refractivity contribution >= 4 is 0 Å². The van der Waals surface area contributed by atoms with Crippen LogP contribution in [0.5, 0.6) is 0 Å². The van der Waals surface area contributed by atoms with E-state index in [1.807, 2.05) is 30.3 Å². The Morgan fingerprint density at radius 2 is 2.00 bits per heavy atom. The first-order chi connectivity index (χ1) is 6.79. The highest BCUT2D eigenvalue weighted by molar-refractivity contribution is 5.44. The predicted octanol–water partition coefficient (Wildman–Crippen LogP) is 3.19. The van der Waals surface area contributed by atoms with Crippen molar-refractivity contribution in [3.8, 4) is 6.07 Å². The van der Waals surface area contributed by atoms with Crippen LogP contribution in [0.4, 0.5) is 0 Å². The zero-order valence-electron chi connectivity index (χ0n) is 8.16. The Balaban J connectivity index is 2.50. The zero-order valence-corrected chi connectivity index (χ0v) is 8.16. The number of rotatable bonds is 1. The van der Waals surface area contributed by atoms with Crippen LogP contribution >= 0.6 is 0 Å². The lowest BCUT2D eigenvalue weighted by Crippen LogP contribution is -2.21. The molecule has 1 aliphatic rings. The van der Waals surface area contributed by atoms with Crippen molar-refractivity contribution in [2.24, 2.45) is 0 Å². The van der Waals surface area contributed by atoms with Gasteiger partial charge in [-0.2, -0.15) is 5.26 Å². The second-order valence-electron chi connectivity index (χ2n) is 3.84. The molecule has 0 saturated heterocycles. The molecule has 0 N–H and O–H groups in total. The summed E-state index contributed by atoms with van der Waals surface area (Å²) in [5.74, 6) is 0. The van der Waals surface area contributed by atoms with Gasteiger partial charge in [0.1, 0.15) is 5.41 Å². The summed E-state index contributed by atoms with van der Waals surface area (Å²) >= 11 is 0. The van der Waals surface area contributed by atoms with E-state index in [4.69, 9.17) is 0 Å². The molecule has 1 aliphatic carbocycles. The van der Waals surface area contributed by atoms with E-state index in [0.29, 0.717) is 0 Å². The standard InChI is InChI=1S/C13H13N/c1-11-6-5-9-13(11,10-14)12-7-3-2-4-8-12/h2-4,7-8H,1,5-6,9H2. The molecule has 0 spiro atoms. The third kappa shape index (κ3) is 1.15. The molecule has 1 saturated carbocycles. The van der Waals surface area contributed by atoms with Crippen LogP contribution in [0, 0.1) is 11.3 Å². The van der Waals surface area contributed by atoms with Gasteiger partial charge in [0, 0.05) is 0 Å². The number of benzene rings is 1. The molecule has 0 aromatic heterocycles. The molecule has 0 heterocycles. The van der Waals surface area contributed by atoms with Crippen molar-refractivity contribution in [1.29, 1.82) is 5.26 Å². The minimum Gasteiger partial charge on any atom is -0.197 e. The summed E-state index contributed by atoms with van der Waals surface area (Å²) in [6, 6.07) is 12.4. The Morgan fingerprint density at radius 1 is 1.29 bits per heavy atom. The molecular formula is C13H13N. The number of nitrogens with zero attached hydrogens (tertiary/aromatic N) is 1. The van der Waals surface area contributed by atoms with Gasteiger partial charge >= 0.3 is 0 Å². The molecule has 70 valence electrons. The second-order valence-corrected chi connectivity index (χ2v) is 3.84. The second kappa shape index (κ2) is 3.31. The van der Waals surface area contributed by atoms with Crippen molar-refractivity contribution in [3.63, 3.8) is 0 Å². The fourth-order valence-corrected chi connectivity index (χ4v) is 2.23. The van der Waals surface area contributed by atoms with Gasteiger partial charge in [0.05, 0.1) is 6.07 Å². The number of allylic oxidation sites excluding steroid dienone is 1. The van der Waals surface area contributed by atoms with Gasteiger partial charge in [-0.05, 0) is 24.8 Å². The third-order valence-corrected chi connectivity index (χ3v) is 3.09. The topological polar surface area (TPSA) is 23.8 Å². The van der Waals surface area contributed by atoms with E-state index in [-0.39, 0.29) is 0 Å². The fraction of sp³-hybridized carbons (Fsp3) is 0.308. The van der Waals surface area contributed by atoms with E-state index in [1.54, 1.807) is 0 Å². The largest absolute Gasteiger partial charge is 0.197 e. The smallest absolute Gasteiger partial charge is 0.103 e. The summed E-state index contributed by atoms with van der Waals surface area (Å²) in [5, 5.41) is 9.33. The normalized spacial score (nSPS) is 26.1. The summed E-state index contributed by atoms with van der Waals surface area (Å²) in [6.07, 6.45) is 3.00. The maximum absolute atomic E-state index is 9.33. The number of hydrogen-bond donors (Lipinski definition) is 0. The van der Waals surface area contributed by atoms with E-state index < -0.39 is 5.41 Å². The monoisotopic (exact) mass is 183 g/mol. The van der Waals surface area contributed by atoms with Gasteiger partial charge in [0.2, 0.25) is 0 Å². The van der Waals surface area contributed by atoms with Crippen molar-refractivity contribution in [2.75, 3.05) is 0 Å². The van der Waals surface area contributed by atoms with E-state index >= 15 is 0 Å². The van der Waals surface area contributed by atoms with Crippen molar-refractivity contribution in [2.45, 2.75) is 24.7 Å². The van der Waals surface area contributed by atoms with Gasteiger partial charge < -0.3 is 0 Å². The van der Waals surface area contributed by atoms with E-state index in [1.165, 1.54) is 0 Å². The summed E-state index contributed by atoms with van der Waals surface area (Å²) in [4.78, 5) is 0. The first-order valence-electron chi connectivity index (χ1n) is 4.94. The minimum atomic E-state index is -0.402. The molecule has 1 aromatic carbocycles. The lowest BCUT2D eigenvalue weighted by molar-refractivity contribution is 0.657. The van der Waals surface area contributed by atoms with Crippen LogP contribution in [-0.4, -0.2) is 0 Å². The Hall–Kier alpha value is -1.55. The molecule has 1 heteroatoms. The summed E-state index contributed by atoms with van der Waals surface area (Å²) in [5.41, 5.74) is 1.78. The Morgan fingerprint density at radius 3 is 2.50 bits per heavy atom. The third-order valence-electron chi connectivity index (χ3n) is 3.09. The predicted molar refractivity (Wildman–Crippen MR) is 56.7 cm³/mol. The van der Waals surface area contributed by atoms with Gasteiger partial charge in [-0.3, -0.25) is 0 Å². The van der Waals surface area contributed by atoms with Crippen LogP contribution in [0.2, 0.25) is 0 Å². The molecule has 0 radical (unpaired) electrons. The molecule has 2 rings (SSSR count). The molecule has 0 bridgehead atoms. The van der Waals surface area contributed by atoms with E-state index in [0.717, 1.165) is 30.4 Å². The Labute approximate surface area is 84.7 Å². The average Bonchev–Trinajstić information content (AvgIpc) is 2.62. The summed E-state index contributed by atoms with van der Waals surface area (Å²) in [6.45, 7) is 4.03. The first kappa shape index (κ1) is 9.02. The van der Waals surface area contributed by atoms with E-state index in [9.17, 15) is 5.26 Å².